The minimum Gasteiger partial charge on any atom is -0.455 e. The highest BCUT2D eigenvalue weighted by molar-refractivity contribution is 6.40. The Morgan fingerprint density at radius 2 is 1.42 bits per heavy atom. The lowest BCUT2D eigenvalue weighted by molar-refractivity contribution is 0.0967. The molecule has 3 amide bonds. The Hall–Kier alpha value is -3.42. The van der Waals surface area contributed by atoms with Crippen molar-refractivity contribution in [3.63, 3.8) is 0 Å². The van der Waals surface area contributed by atoms with Crippen molar-refractivity contribution < 1.29 is 19.1 Å². The van der Waals surface area contributed by atoms with Crippen LogP contribution in [0.2, 0.25) is 20.1 Å². The largest absolute Gasteiger partial charge is 0.455 e. The zero-order valence-corrected chi connectivity index (χ0v) is 27.4. The Balaban J connectivity index is 1.51. The van der Waals surface area contributed by atoms with E-state index in [2.05, 4.69) is 37.5 Å². The molecular weight excluding hydrogens is 630 g/mol. The lowest BCUT2D eigenvalue weighted by atomic mass is 9.85. The highest BCUT2D eigenvalue weighted by atomic mass is 35.5. The van der Waals surface area contributed by atoms with Crippen molar-refractivity contribution in [3.8, 4) is 23.0 Å². The quantitative estimate of drug-likeness (QED) is 0.216. The van der Waals surface area contributed by atoms with Gasteiger partial charge in [-0.05, 0) is 73.7 Å². The van der Waals surface area contributed by atoms with E-state index >= 15 is 0 Å². The van der Waals surface area contributed by atoms with Crippen LogP contribution < -0.4 is 20.1 Å². The second-order valence-electron chi connectivity index (χ2n) is 11.1. The summed E-state index contributed by atoms with van der Waals surface area (Å²) in [4.78, 5) is 25.2. The summed E-state index contributed by atoms with van der Waals surface area (Å²) < 4.78 is 12.3. The molecule has 0 atom stereocenters. The number of urea groups is 1. The van der Waals surface area contributed by atoms with Crippen molar-refractivity contribution in [2.75, 3.05) is 5.32 Å². The summed E-state index contributed by atoms with van der Waals surface area (Å²) in [6, 6.07) is 16.7. The molecule has 6 nitrogen and oxygen atoms in total. The third-order valence-corrected chi connectivity index (χ3v) is 7.98. The predicted molar refractivity (Wildman–Crippen MR) is 175 cm³/mol. The number of amides is 3. The van der Waals surface area contributed by atoms with E-state index in [-0.39, 0.29) is 26.0 Å². The van der Waals surface area contributed by atoms with E-state index in [1.807, 2.05) is 19.1 Å². The number of halogens is 4. The Morgan fingerprint density at radius 1 is 0.767 bits per heavy atom. The van der Waals surface area contributed by atoms with Crippen LogP contribution in [0, 0.1) is 20.8 Å². The molecule has 4 aromatic carbocycles. The second kappa shape index (κ2) is 13.1. The first-order valence-corrected chi connectivity index (χ1v) is 14.8. The van der Waals surface area contributed by atoms with Crippen LogP contribution in [0.25, 0.3) is 0 Å². The Kier molecular flexibility index (Phi) is 9.87. The van der Waals surface area contributed by atoms with Gasteiger partial charge in [0.25, 0.3) is 5.91 Å². The van der Waals surface area contributed by atoms with Crippen molar-refractivity contribution in [2.45, 2.75) is 47.0 Å². The van der Waals surface area contributed by atoms with Gasteiger partial charge in [0.05, 0.1) is 25.7 Å². The molecule has 4 aromatic rings. The molecule has 0 aromatic heterocycles. The van der Waals surface area contributed by atoms with E-state index in [9.17, 15) is 9.59 Å². The van der Waals surface area contributed by atoms with Gasteiger partial charge < -0.3 is 14.8 Å². The van der Waals surface area contributed by atoms with E-state index in [0.717, 1.165) is 16.9 Å². The molecule has 0 aliphatic heterocycles. The number of ether oxygens (including phenoxy) is 2. The lowest BCUT2D eigenvalue weighted by Gasteiger charge is -2.23. The summed E-state index contributed by atoms with van der Waals surface area (Å²) in [5.74, 6) is 1.31. The summed E-state index contributed by atoms with van der Waals surface area (Å²) in [7, 11) is 0. The molecule has 0 aliphatic rings. The van der Waals surface area contributed by atoms with Crippen molar-refractivity contribution in [1.29, 1.82) is 0 Å². The van der Waals surface area contributed by atoms with Crippen LogP contribution in [0.3, 0.4) is 0 Å². The molecule has 224 valence electrons. The third-order valence-electron chi connectivity index (χ3n) is 6.60. The van der Waals surface area contributed by atoms with Gasteiger partial charge in [-0.1, -0.05) is 90.9 Å². The van der Waals surface area contributed by atoms with Gasteiger partial charge in [0.2, 0.25) is 0 Å². The first-order valence-electron chi connectivity index (χ1n) is 13.3. The fourth-order valence-corrected chi connectivity index (χ4v) is 5.39. The van der Waals surface area contributed by atoms with Gasteiger partial charge in [-0.25, -0.2) is 4.79 Å². The first kappa shape index (κ1) is 32.5. The van der Waals surface area contributed by atoms with Gasteiger partial charge in [-0.3, -0.25) is 10.1 Å². The zero-order valence-electron chi connectivity index (χ0n) is 24.4. The number of imide groups is 1. The number of carbonyl (C=O) groups excluding carboxylic acids is 2. The number of hydrogen-bond donors (Lipinski definition) is 2. The molecule has 0 unspecified atom stereocenters. The molecule has 43 heavy (non-hydrogen) atoms. The van der Waals surface area contributed by atoms with Gasteiger partial charge in [0.1, 0.15) is 23.0 Å². The maximum Gasteiger partial charge on any atom is 0.326 e. The van der Waals surface area contributed by atoms with Gasteiger partial charge in [-0.2, -0.15) is 0 Å². The summed E-state index contributed by atoms with van der Waals surface area (Å²) >= 11 is 25.4. The highest BCUT2D eigenvalue weighted by Gasteiger charge is 2.22. The standard InChI is InChI=1S/C33H30Cl4N2O4/c1-17-10-12-26(21(14-17)33(4,5)6)43-27-13-11-20(16-24(27)36)42-30-18(2)15-25(19(3)29(30)37)38-32(41)39-31(40)28-22(34)8-7-9-23(28)35/h7-16H,1-6H3,(H2,38,39,40,41). The molecule has 0 saturated carbocycles. The van der Waals surface area contributed by atoms with Crippen molar-refractivity contribution in [2.24, 2.45) is 0 Å². The van der Waals surface area contributed by atoms with Crippen LogP contribution in [-0.2, 0) is 5.41 Å². The average Bonchev–Trinajstić information content (AvgIpc) is 2.91. The summed E-state index contributed by atoms with van der Waals surface area (Å²) in [6.45, 7) is 11.9. The highest BCUT2D eigenvalue weighted by Crippen LogP contribution is 2.42. The first-order chi connectivity index (χ1) is 20.1. The van der Waals surface area contributed by atoms with Gasteiger partial charge in [-0.15, -0.1) is 0 Å². The molecule has 0 spiro atoms. The molecule has 0 fully saturated rings. The summed E-state index contributed by atoms with van der Waals surface area (Å²) in [5, 5.41) is 5.77. The minimum absolute atomic E-state index is 0.000691. The maximum absolute atomic E-state index is 12.6. The molecule has 2 N–H and O–H groups in total. The number of benzene rings is 4. The van der Waals surface area contributed by atoms with Crippen LogP contribution >= 0.6 is 46.4 Å². The van der Waals surface area contributed by atoms with Gasteiger partial charge >= 0.3 is 6.03 Å². The molecule has 0 saturated heterocycles. The van der Waals surface area contributed by atoms with E-state index in [1.54, 1.807) is 44.2 Å². The smallest absolute Gasteiger partial charge is 0.326 e. The Morgan fingerprint density at radius 3 is 2.05 bits per heavy atom. The fraction of sp³-hybridized carbons (Fsp3) is 0.212. The molecule has 4 rings (SSSR count). The number of carbonyl (C=O) groups is 2. The molecule has 0 aliphatic carbocycles. The van der Waals surface area contributed by atoms with Gasteiger partial charge in [0, 0.05) is 17.3 Å². The van der Waals surface area contributed by atoms with E-state index in [0.29, 0.717) is 39.1 Å². The van der Waals surface area contributed by atoms with Gasteiger partial charge in [0.15, 0.2) is 0 Å². The van der Waals surface area contributed by atoms with Crippen molar-refractivity contribution >= 4 is 64.0 Å². The number of aryl methyl sites for hydroxylation is 2. The molecule has 0 heterocycles. The molecule has 10 heteroatoms. The Labute approximate surface area is 271 Å². The minimum atomic E-state index is -0.779. The zero-order chi connectivity index (χ0) is 31.6. The fourth-order valence-electron chi connectivity index (χ4n) is 4.32. The average molecular weight is 660 g/mol. The third kappa shape index (κ3) is 7.57. The number of hydrogen-bond acceptors (Lipinski definition) is 4. The normalized spacial score (nSPS) is 11.2. The predicted octanol–water partition coefficient (Wildman–Crippen LogP) is 11.1. The van der Waals surface area contributed by atoms with Crippen molar-refractivity contribution in [1.82, 2.24) is 5.32 Å². The number of rotatable bonds is 6. The Bertz CT molecular complexity index is 1710. The van der Waals surface area contributed by atoms with Crippen LogP contribution in [-0.4, -0.2) is 11.9 Å². The summed E-state index contributed by atoms with van der Waals surface area (Å²) in [5.41, 5.74) is 3.65. The molecule has 0 radical (unpaired) electrons. The van der Waals surface area contributed by atoms with E-state index < -0.39 is 11.9 Å². The van der Waals surface area contributed by atoms with Crippen LogP contribution in [0.15, 0.2) is 60.7 Å². The number of nitrogens with one attached hydrogen (secondary N) is 2. The monoisotopic (exact) mass is 658 g/mol. The number of anilines is 1. The lowest BCUT2D eigenvalue weighted by Crippen LogP contribution is -2.34. The SMILES string of the molecule is Cc1ccc(Oc2ccc(Oc3c(C)cc(NC(=O)NC(=O)c4c(Cl)cccc4Cl)c(C)c3Cl)cc2Cl)c(C(C)(C)C)c1. The second-order valence-corrected chi connectivity index (χ2v) is 12.7. The van der Waals surface area contributed by atoms with E-state index in [4.69, 9.17) is 55.9 Å². The topological polar surface area (TPSA) is 76.7 Å². The van der Waals surface area contributed by atoms with Crippen LogP contribution in [0.5, 0.6) is 23.0 Å². The van der Waals surface area contributed by atoms with Crippen LogP contribution in [0.4, 0.5) is 10.5 Å². The van der Waals surface area contributed by atoms with E-state index in [1.165, 1.54) is 12.1 Å². The molecular formula is C33H30Cl4N2O4. The van der Waals surface area contributed by atoms with Crippen molar-refractivity contribution in [3.05, 3.63) is 109 Å². The molecule has 0 bridgehead atoms. The maximum atomic E-state index is 12.6. The summed E-state index contributed by atoms with van der Waals surface area (Å²) in [6.07, 6.45) is 0. The van der Waals surface area contributed by atoms with Crippen LogP contribution in [0.1, 0.15) is 53.4 Å².